The second-order valence-electron chi connectivity index (χ2n) is 7.01. The van der Waals surface area contributed by atoms with Crippen molar-refractivity contribution in [2.45, 2.75) is 19.8 Å². The molecule has 1 fully saturated rings. The third-order valence-corrected chi connectivity index (χ3v) is 5.80. The number of nitrogens with zero attached hydrogens (tertiary/aromatic N) is 1. The van der Waals surface area contributed by atoms with E-state index >= 15 is 0 Å². The van der Waals surface area contributed by atoms with Crippen molar-refractivity contribution >= 4 is 34.7 Å². The van der Waals surface area contributed by atoms with Gasteiger partial charge in [-0.3, -0.25) is 14.4 Å². The number of carbonyl (C=O) groups excluding carboxylic acids is 3. The van der Waals surface area contributed by atoms with Gasteiger partial charge in [-0.15, -0.1) is 11.3 Å². The number of amides is 3. The molecule has 1 aromatic carbocycles. The van der Waals surface area contributed by atoms with E-state index in [0.717, 1.165) is 10.4 Å². The van der Waals surface area contributed by atoms with E-state index in [1.807, 2.05) is 36.6 Å². The van der Waals surface area contributed by atoms with Crippen molar-refractivity contribution in [3.05, 3.63) is 46.2 Å². The van der Waals surface area contributed by atoms with Gasteiger partial charge in [-0.05, 0) is 48.9 Å². The number of hydrogen-bond acceptors (Lipinski definition) is 5. The van der Waals surface area contributed by atoms with Crippen LogP contribution in [0.4, 0.5) is 5.69 Å². The van der Waals surface area contributed by atoms with Crippen LogP contribution in [0.1, 0.15) is 28.1 Å². The maximum Gasteiger partial charge on any atom is 0.263 e. The summed E-state index contributed by atoms with van der Waals surface area (Å²) in [5.41, 5.74) is 1.57. The molecule has 1 aromatic heterocycles. The van der Waals surface area contributed by atoms with Gasteiger partial charge < -0.3 is 20.3 Å². The van der Waals surface area contributed by atoms with Crippen molar-refractivity contribution in [2.75, 3.05) is 32.1 Å². The number of thiophene rings is 1. The molecule has 7 nitrogen and oxygen atoms in total. The molecular weight excluding hydrogens is 390 g/mol. The van der Waals surface area contributed by atoms with Gasteiger partial charge in [0.1, 0.15) is 5.75 Å². The summed E-state index contributed by atoms with van der Waals surface area (Å²) in [5, 5.41) is 7.35. The zero-order valence-corrected chi connectivity index (χ0v) is 17.4. The minimum atomic E-state index is -0.312. The molecule has 2 N–H and O–H groups in total. The molecule has 0 radical (unpaired) electrons. The zero-order chi connectivity index (χ0) is 20.8. The van der Waals surface area contributed by atoms with Gasteiger partial charge >= 0.3 is 0 Å². The predicted molar refractivity (Wildman–Crippen MR) is 112 cm³/mol. The van der Waals surface area contributed by atoms with Crippen LogP contribution in [-0.4, -0.2) is 49.4 Å². The summed E-state index contributed by atoms with van der Waals surface area (Å²) in [6.45, 7) is 2.90. The summed E-state index contributed by atoms with van der Waals surface area (Å²) in [6, 6.07) is 9.17. The number of likely N-dealkylation sites (tertiary alicyclic amines) is 1. The van der Waals surface area contributed by atoms with Crippen LogP contribution in [0.3, 0.4) is 0 Å². The van der Waals surface area contributed by atoms with Crippen LogP contribution in [0.25, 0.3) is 0 Å². The number of anilines is 1. The largest absolute Gasteiger partial charge is 0.495 e. The molecule has 0 aliphatic carbocycles. The lowest BCUT2D eigenvalue weighted by atomic mass is 9.96. The number of hydrogen-bond donors (Lipinski definition) is 2. The minimum absolute atomic E-state index is 0.0188. The second kappa shape index (κ2) is 9.56. The fraction of sp³-hybridized carbons (Fsp3) is 0.381. The van der Waals surface area contributed by atoms with Crippen LogP contribution < -0.4 is 15.4 Å². The van der Waals surface area contributed by atoms with E-state index < -0.39 is 0 Å². The Kier molecular flexibility index (Phi) is 6.87. The Balaban J connectivity index is 1.45. The molecule has 8 heteroatoms. The smallest absolute Gasteiger partial charge is 0.263 e. The van der Waals surface area contributed by atoms with E-state index in [1.165, 1.54) is 18.4 Å². The van der Waals surface area contributed by atoms with Gasteiger partial charge in [0.2, 0.25) is 11.8 Å². The highest BCUT2D eigenvalue weighted by atomic mass is 32.1. The number of piperidine rings is 1. The van der Waals surface area contributed by atoms with Crippen molar-refractivity contribution in [1.82, 2.24) is 10.2 Å². The van der Waals surface area contributed by atoms with E-state index in [4.69, 9.17) is 4.74 Å². The van der Waals surface area contributed by atoms with Crippen molar-refractivity contribution in [3.63, 3.8) is 0 Å². The van der Waals surface area contributed by atoms with Gasteiger partial charge in [0.05, 0.1) is 24.2 Å². The maximum absolute atomic E-state index is 12.4. The first-order valence-corrected chi connectivity index (χ1v) is 10.4. The Bertz CT molecular complexity index is 874. The van der Waals surface area contributed by atoms with Crippen molar-refractivity contribution in [3.8, 4) is 5.75 Å². The SMILES string of the molecule is COc1ccc(C)cc1NC(=O)CNC(=O)C1CCN(C(=O)c2cccs2)CC1. The van der Waals surface area contributed by atoms with Crippen LogP contribution in [0.15, 0.2) is 35.7 Å². The summed E-state index contributed by atoms with van der Waals surface area (Å²) >= 11 is 1.42. The molecular formula is C21H25N3O4S. The molecule has 3 amide bonds. The number of methoxy groups -OCH3 is 1. The fourth-order valence-electron chi connectivity index (χ4n) is 3.33. The lowest BCUT2D eigenvalue weighted by Gasteiger charge is -2.31. The summed E-state index contributed by atoms with van der Waals surface area (Å²) < 4.78 is 5.24. The van der Waals surface area contributed by atoms with Gasteiger partial charge in [0.25, 0.3) is 5.91 Å². The summed E-state index contributed by atoms with van der Waals surface area (Å²) in [6.07, 6.45) is 1.19. The molecule has 0 atom stereocenters. The molecule has 2 heterocycles. The molecule has 154 valence electrons. The van der Waals surface area contributed by atoms with Gasteiger partial charge in [0, 0.05) is 19.0 Å². The molecule has 2 aromatic rings. The van der Waals surface area contributed by atoms with Gasteiger partial charge in [-0.2, -0.15) is 0 Å². The predicted octanol–water partition coefficient (Wildman–Crippen LogP) is 2.67. The zero-order valence-electron chi connectivity index (χ0n) is 16.6. The lowest BCUT2D eigenvalue weighted by Crippen LogP contribution is -2.44. The highest BCUT2D eigenvalue weighted by Crippen LogP contribution is 2.25. The van der Waals surface area contributed by atoms with Gasteiger partial charge in [-0.25, -0.2) is 0 Å². The van der Waals surface area contributed by atoms with E-state index in [9.17, 15) is 14.4 Å². The number of rotatable bonds is 6. The summed E-state index contributed by atoms with van der Waals surface area (Å²) in [5.74, 6) is -0.0702. The Morgan fingerprint density at radius 1 is 1.21 bits per heavy atom. The van der Waals surface area contributed by atoms with E-state index in [2.05, 4.69) is 10.6 Å². The molecule has 0 unspecified atom stereocenters. The maximum atomic E-state index is 12.4. The molecule has 1 aliphatic heterocycles. The van der Waals surface area contributed by atoms with Crippen molar-refractivity contribution < 1.29 is 19.1 Å². The first-order valence-electron chi connectivity index (χ1n) is 9.53. The minimum Gasteiger partial charge on any atom is -0.495 e. The molecule has 1 aliphatic rings. The Morgan fingerprint density at radius 3 is 2.62 bits per heavy atom. The standard InChI is InChI=1S/C21H25N3O4S/c1-14-5-6-17(28-2)16(12-14)23-19(25)13-22-20(26)15-7-9-24(10-8-15)21(27)18-4-3-11-29-18/h3-6,11-12,15H,7-10,13H2,1-2H3,(H,22,26)(H,23,25). The van der Waals surface area contributed by atoms with Crippen LogP contribution in [0.2, 0.25) is 0 Å². The molecule has 29 heavy (non-hydrogen) atoms. The first kappa shape index (κ1) is 20.9. The number of nitrogens with one attached hydrogen (secondary N) is 2. The van der Waals surface area contributed by atoms with Crippen LogP contribution in [-0.2, 0) is 9.59 Å². The summed E-state index contributed by atoms with van der Waals surface area (Å²) in [7, 11) is 1.54. The molecule has 3 rings (SSSR count). The highest BCUT2D eigenvalue weighted by Gasteiger charge is 2.28. The molecule has 0 spiro atoms. The van der Waals surface area contributed by atoms with Crippen LogP contribution >= 0.6 is 11.3 Å². The monoisotopic (exact) mass is 415 g/mol. The average Bonchev–Trinajstić information content (AvgIpc) is 3.27. The number of aryl methyl sites for hydroxylation is 1. The third kappa shape index (κ3) is 5.35. The Hall–Kier alpha value is -2.87. The summed E-state index contributed by atoms with van der Waals surface area (Å²) in [4.78, 5) is 39.5. The number of ether oxygens (including phenoxy) is 1. The Morgan fingerprint density at radius 2 is 1.97 bits per heavy atom. The third-order valence-electron chi connectivity index (χ3n) is 4.94. The first-order chi connectivity index (χ1) is 14.0. The van der Waals surface area contributed by atoms with E-state index in [0.29, 0.717) is 37.4 Å². The molecule has 0 bridgehead atoms. The van der Waals surface area contributed by atoms with Crippen LogP contribution in [0.5, 0.6) is 5.75 Å². The van der Waals surface area contributed by atoms with Gasteiger partial charge in [-0.1, -0.05) is 12.1 Å². The van der Waals surface area contributed by atoms with Crippen LogP contribution in [0, 0.1) is 12.8 Å². The fourth-order valence-corrected chi connectivity index (χ4v) is 4.02. The molecule has 0 saturated carbocycles. The highest BCUT2D eigenvalue weighted by molar-refractivity contribution is 7.12. The topological polar surface area (TPSA) is 87.7 Å². The number of benzene rings is 1. The average molecular weight is 416 g/mol. The quantitative estimate of drug-likeness (QED) is 0.759. The van der Waals surface area contributed by atoms with Crippen molar-refractivity contribution in [2.24, 2.45) is 5.92 Å². The number of carbonyl (C=O) groups is 3. The van der Waals surface area contributed by atoms with E-state index in [-0.39, 0.29) is 30.2 Å². The Labute approximate surface area is 174 Å². The lowest BCUT2D eigenvalue weighted by molar-refractivity contribution is -0.128. The van der Waals surface area contributed by atoms with Gasteiger partial charge in [0.15, 0.2) is 0 Å². The normalized spacial score (nSPS) is 14.3. The molecule has 1 saturated heterocycles. The van der Waals surface area contributed by atoms with E-state index in [1.54, 1.807) is 11.0 Å². The van der Waals surface area contributed by atoms with Crippen molar-refractivity contribution in [1.29, 1.82) is 0 Å². The second-order valence-corrected chi connectivity index (χ2v) is 7.96.